The number of aliphatic carboxylic acids is 1. The first-order valence-corrected chi connectivity index (χ1v) is 15.9. The molecule has 2 aliphatic rings. The number of halogens is 2. The van der Waals surface area contributed by atoms with Crippen LogP contribution in [0.1, 0.15) is 35.1 Å². The molecule has 11 nitrogen and oxygen atoms in total. The van der Waals surface area contributed by atoms with Crippen LogP contribution in [0.3, 0.4) is 0 Å². The molecule has 0 amide bonds. The Morgan fingerprint density at radius 2 is 1.89 bits per heavy atom. The van der Waals surface area contributed by atoms with E-state index < -0.39 is 29.8 Å². The van der Waals surface area contributed by atoms with Gasteiger partial charge in [-0.3, -0.25) is 19.6 Å². The van der Waals surface area contributed by atoms with Crippen LogP contribution in [-0.2, 0) is 14.3 Å². The highest BCUT2D eigenvalue weighted by atomic mass is 79.9. The van der Waals surface area contributed by atoms with E-state index >= 15 is 0 Å². The molecule has 5 rings (SSSR count). The summed E-state index contributed by atoms with van der Waals surface area (Å²) in [6, 6.07) is 7.76. The van der Waals surface area contributed by atoms with E-state index in [-0.39, 0.29) is 6.61 Å². The number of nitrogens with zero attached hydrogens (tertiary/aromatic N) is 4. The van der Waals surface area contributed by atoms with Gasteiger partial charge < -0.3 is 24.6 Å². The van der Waals surface area contributed by atoms with E-state index in [0.717, 1.165) is 0 Å². The summed E-state index contributed by atoms with van der Waals surface area (Å²) in [7, 11) is 3.04. The molecular formula is C31H33BrFN5O6S. The van der Waals surface area contributed by atoms with Gasteiger partial charge in [0.05, 0.1) is 26.4 Å². The van der Waals surface area contributed by atoms with E-state index in [1.165, 1.54) is 37.7 Å². The molecule has 0 spiro atoms. The van der Waals surface area contributed by atoms with Crippen molar-refractivity contribution < 1.29 is 33.3 Å². The summed E-state index contributed by atoms with van der Waals surface area (Å²) in [4.78, 5) is 39.3. The summed E-state index contributed by atoms with van der Waals surface area (Å²) in [5.74, 6) is -0.437. The van der Waals surface area contributed by atoms with Gasteiger partial charge in [-0.2, -0.15) is 0 Å². The number of aromatic nitrogens is 1. The van der Waals surface area contributed by atoms with Crippen molar-refractivity contribution in [1.29, 1.82) is 0 Å². The number of carboxylic acid groups (broad SMARTS) is 1. The lowest BCUT2D eigenvalue weighted by molar-refractivity contribution is -0.144. The van der Waals surface area contributed by atoms with Gasteiger partial charge in [0.15, 0.2) is 22.3 Å². The lowest BCUT2D eigenvalue weighted by atomic mass is 9.95. The van der Waals surface area contributed by atoms with Crippen molar-refractivity contribution in [3.8, 4) is 11.5 Å². The Balaban J connectivity index is 1.43. The highest BCUT2D eigenvalue weighted by Gasteiger charge is 2.36. The topological polar surface area (TPSA) is 126 Å². The first-order chi connectivity index (χ1) is 21.7. The summed E-state index contributed by atoms with van der Waals surface area (Å²) in [5, 5.41) is 16.0. The van der Waals surface area contributed by atoms with E-state index in [4.69, 9.17) is 19.2 Å². The molecule has 0 aliphatic carbocycles. The zero-order valence-corrected chi connectivity index (χ0v) is 27.4. The quantitative estimate of drug-likeness (QED) is 0.278. The molecule has 2 aromatic carbocycles. The molecule has 1 aromatic heterocycles. The predicted octanol–water partition coefficient (Wildman–Crippen LogP) is 4.41. The third-order valence-corrected chi connectivity index (χ3v) is 9.09. The second kappa shape index (κ2) is 14.5. The lowest BCUT2D eigenvalue weighted by Crippen LogP contribution is -2.51. The molecule has 2 aliphatic heterocycles. The summed E-state index contributed by atoms with van der Waals surface area (Å²) < 4.78 is 30.7. The van der Waals surface area contributed by atoms with Crippen molar-refractivity contribution in [2.45, 2.75) is 19.0 Å². The fourth-order valence-corrected chi connectivity index (χ4v) is 6.66. The largest absolute Gasteiger partial charge is 0.493 e. The molecule has 238 valence electrons. The first-order valence-electron chi connectivity index (χ1n) is 14.2. The minimum Gasteiger partial charge on any atom is -0.493 e. The molecule has 0 bridgehead atoms. The number of nitrogens with one attached hydrogen (secondary N) is 1. The molecule has 2 N–H and O–H groups in total. The first kappa shape index (κ1) is 32.5. The maximum Gasteiger partial charge on any atom is 0.338 e. The van der Waals surface area contributed by atoms with E-state index in [2.05, 4.69) is 31.1 Å². The second-order valence-corrected chi connectivity index (χ2v) is 12.0. The molecule has 2 atom stereocenters. The van der Waals surface area contributed by atoms with Crippen LogP contribution in [-0.4, -0.2) is 91.2 Å². The fraction of sp³-hybridized carbons (Fsp3) is 0.355. The molecule has 1 saturated heterocycles. The van der Waals surface area contributed by atoms with E-state index in [1.54, 1.807) is 37.4 Å². The highest BCUT2D eigenvalue weighted by molar-refractivity contribution is 9.10. The predicted molar refractivity (Wildman–Crippen MR) is 170 cm³/mol. The number of rotatable bonds is 11. The van der Waals surface area contributed by atoms with E-state index in [9.17, 15) is 19.1 Å². The number of methoxy groups -OCH3 is 2. The maximum absolute atomic E-state index is 14.0. The van der Waals surface area contributed by atoms with Gasteiger partial charge in [-0.25, -0.2) is 14.2 Å². The minimum atomic E-state index is -0.964. The highest BCUT2D eigenvalue weighted by Crippen LogP contribution is 2.37. The van der Waals surface area contributed by atoms with Gasteiger partial charge in [-0.1, -0.05) is 28.1 Å². The van der Waals surface area contributed by atoms with Crippen molar-refractivity contribution in [2.24, 2.45) is 4.99 Å². The minimum absolute atomic E-state index is 0.168. The maximum atomic E-state index is 14.0. The number of piperazine rings is 1. The van der Waals surface area contributed by atoms with Gasteiger partial charge >= 0.3 is 11.9 Å². The number of ether oxygens (including phenoxy) is 3. The zero-order chi connectivity index (χ0) is 32.1. The number of esters is 1. The van der Waals surface area contributed by atoms with Crippen LogP contribution in [0.2, 0.25) is 0 Å². The normalized spacial score (nSPS) is 18.2. The van der Waals surface area contributed by atoms with Crippen LogP contribution < -0.4 is 14.8 Å². The number of hydrogen-bond donors (Lipinski definition) is 2. The molecule has 3 aromatic rings. The summed E-state index contributed by atoms with van der Waals surface area (Å²) in [5.41, 5.74) is 2.11. The number of carbonyl (C=O) groups excluding carboxylic acids is 1. The third-order valence-electron chi connectivity index (χ3n) is 7.62. The molecule has 45 heavy (non-hydrogen) atoms. The summed E-state index contributed by atoms with van der Waals surface area (Å²) in [6.45, 7) is 4.25. The van der Waals surface area contributed by atoms with E-state index in [1.807, 2.05) is 10.3 Å². The SMILES string of the molecule is CCOC(=O)C1=C(CN2CCN(C(C(=O)O)c3ccc(OC)c(OC)c3)CC2)NC(c2nccs2)=NC1c1ccc(F)cc1Br. The Morgan fingerprint density at radius 1 is 1.13 bits per heavy atom. The Morgan fingerprint density at radius 3 is 2.51 bits per heavy atom. The zero-order valence-electron chi connectivity index (χ0n) is 25.0. The number of carboxylic acids is 1. The van der Waals surface area contributed by atoms with Gasteiger partial charge in [0.2, 0.25) is 0 Å². The molecule has 3 heterocycles. The average molecular weight is 703 g/mol. The number of thiazole rings is 1. The Labute approximate surface area is 272 Å². The van der Waals surface area contributed by atoms with Crippen LogP contribution in [0.5, 0.6) is 11.5 Å². The van der Waals surface area contributed by atoms with Crippen LogP contribution >= 0.6 is 27.3 Å². The van der Waals surface area contributed by atoms with Crippen LogP contribution in [0.15, 0.2) is 68.7 Å². The molecule has 0 radical (unpaired) electrons. The molecule has 1 fully saturated rings. The van der Waals surface area contributed by atoms with Crippen molar-refractivity contribution in [3.05, 3.63) is 85.7 Å². The van der Waals surface area contributed by atoms with Crippen molar-refractivity contribution in [1.82, 2.24) is 20.1 Å². The monoisotopic (exact) mass is 701 g/mol. The molecular weight excluding hydrogens is 669 g/mol. The van der Waals surface area contributed by atoms with Gasteiger partial charge in [0, 0.05) is 54.5 Å². The van der Waals surface area contributed by atoms with Crippen molar-refractivity contribution in [2.75, 3.05) is 53.6 Å². The number of amidine groups is 1. The smallest absolute Gasteiger partial charge is 0.338 e. The van der Waals surface area contributed by atoms with E-state index in [0.29, 0.717) is 81.9 Å². The standard InChI is InChI=1S/C31H33BrFN5O6S/c1-4-44-31(41)25-22(35-28(29-34-9-14-45-29)36-26(25)20-7-6-19(33)16-21(20)32)17-37-10-12-38(13-11-37)27(30(39)40)18-5-8-23(42-2)24(15-18)43-3/h5-9,14-16,26-27H,4,10-13,17H2,1-3H3,(H,35,36)(H,39,40). The summed E-state index contributed by atoms with van der Waals surface area (Å²) in [6.07, 6.45) is 1.67. The van der Waals surface area contributed by atoms with Crippen molar-refractivity contribution >= 4 is 45.0 Å². The Bertz CT molecular complexity index is 1610. The molecule has 0 saturated carbocycles. The second-order valence-electron chi connectivity index (χ2n) is 10.3. The number of aliphatic imine (C=N–C) groups is 1. The average Bonchev–Trinajstić information content (AvgIpc) is 3.57. The number of benzene rings is 2. The Hall–Kier alpha value is -3.85. The number of carbonyl (C=O) groups is 2. The van der Waals surface area contributed by atoms with Crippen molar-refractivity contribution in [3.63, 3.8) is 0 Å². The molecule has 14 heteroatoms. The van der Waals surface area contributed by atoms with Gasteiger partial charge in [0.1, 0.15) is 17.9 Å². The van der Waals surface area contributed by atoms with Crippen LogP contribution in [0, 0.1) is 5.82 Å². The lowest BCUT2D eigenvalue weighted by Gasteiger charge is -2.39. The number of hydrogen-bond acceptors (Lipinski definition) is 11. The van der Waals surface area contributed by atoms with Gasteiger partial charge in [-0.05, 0) is 42.3 Å². The van der Waals surface area contributed by atoms with Gasteiger partial charge in [-0.15, -0.1) is 11.3 Å². The molecule has 2 unspecified atom stereocenters. The van der Waals surface area contributed by atoms with Crippen LogP contribution in [0.4, 0.5) is 4.39 Å². The summed E-state index contributed by atoms with van der Waals surface area (Å²) >= 11 is 4.86. The van der Waals surface area contributed by atoms with Crippen LogP contribution in [0.25, 0.3) is 0 Å². The third kappa shape index (κ3) is 7.19. The van der Waals surface area contributed by atoms with Gasteiger partial charge in [0.25, 0.3) is 0 Å². The fourth-order valence-electron chi connectivity index (χ4n) is 5.50. The Kier molecular flexibility index (Phi) is 10.5.